The van der Waals surface area contributed by atoms with Crippen molar-refractivity contribution in [1.82, 2.24) is 28.7 Å². The molecule has 0 saturated carbocycles. The van der Waals surface area contributed by atoms with Gasteiger partial charge >= 0.3 is 0 Å². The smallest absolute Gasteiger partial charge is 0.238 e. The van der Waals surface area contributed by atoms with Crippen molar-refractivity contribution >= 4 is 87.4 Å². The molecule has 0 aliphatic rings. The Morgan fingerprint density at radius 1 is 0.257 bits per heavy atom. The molecule has 10 aromatic carbocycles. The number of rotatable bonds is 6. The minimum atomic E-state index is 0.530. The topological polar surface area (TPSA) is 66.6 Å². The van der Waals surface area contributed by atoms with Gasteiger partial charge in [-0.2, -0.15) is 9.97 Å². The first kappa shape index (κ1) is 38.5. The molecule has 0 spiro atoms. The lowest BCUT2D eigenvalue weighted by Gasteiger charge is -2.13. The zero-order chi connectivity index (χ0) is 45.9. The van der Waals surface area contributed by atoms with E-state index in [-0.39, 0.29) is 0 Å². The Balaban J connectivity index is 0.957. The van der Waals surface area contributed by atoms with Crippen molar-refractivity contribution in [2.24, 2.45) is 0 Å². The molecule has 5 heterocycles. The summed E-state index contributed by atoms with van der Waals surface area (Å²) >= 11 is 0. The Kier molecular flexibility index (Phi) is 8.23. The third-order valence-electron chi connectivity index (χ3n) is 14.1. The van der Waals surface area contributed by atoms with Crippen molar-refractivity contribution in [3.8, 4) is 51.2 Å². The average molecular weight is 895 g/mol. The van der Waals surface area contributed by atoms with Crippen molar-refractivity contribution in [3.63, 3.8) is 0 Å². The lowest BCUT2D eigenvalue weighted by Crippen LogP contribution is -2.06. The maximum absolute atomic E-state index is 6.42. The zero-order valence-electron chi connectivity index (χ0n) is 37.5. The molecule has 0 radical (unpaired) electrons. The summed E-state index contributed by atoms with van der Waals surface area (Å²) in [7, 11) is 0. The highest BCUT2D eigenvalue weighted by Gasteiger charge is 2.22. The van der Waals surface area contributed by atoms with Gasteiger partial charge in [-0.25, -0.2) is 4.98 Å². The predicted octanol–water partition coefficient (Wildman–Crippen LogP) is 16.1. The van der Waals surface area contributed by atoms with Gasteiger partial charge in [0.15, 0.2) is 11.6 Å². The van der Waals surface area contributed by atoms with Gasteiger partial charge in [0, 0.05) is 65.6 Å². The molecule has 7 nitrogen and oxygen atoms in total. The summed E-state index contributed by atoms with van der Waals surface area (Å²) in [6.07, 6.45) is 0. The van der Waals surface area contributed by atoms with Crippen LogP contribution in [0.3, 0.4) is 0 Å². The standard InChI is InChI=1S/C63H38N6O/c1-3-16-39(17-4-1)40-31-33-56-50(35-40)45-22-9-13-28-55(45)69(56)63-65-61(64-62(66-63)42-30-32-49-48-25-10-14-29-59(48)70-60(49)36-42)41-18-15-21-44(34-41)68-54-27-12-8-24-47(54)52-37-57-51(38-58(52)68)46-23-7-11-26-53(46)67(57)43-19-5-2-6-20-43/h1-38H. The van der Waals surface area contributed by atoms with Gasteiger partial charge in [0.05, 0.1) is 33.1 Å². The SMILES string of the molecule is c1ccc(-c2ccc3c(c2)c2ccccc2n3-c2nc(-c3cccc(-n4c5ccccc5c5cc6c(cc54)c4ccccc4n6-c4ccccc4)c3)nc(-c3ccc4c(c3)oc3ccccc34)n2)cc1. The van der Waals surface area contributed by atoms with Crippen molar-refractivity contribution in [1.29, 1.82) is 0 Å². The first-order chi connectivity index (χ1) is 34.7. The number of nitrogens with zero attached hydrogens (tertiary/aromatic N) is 6. The summed E-state index contributed by atoms with van der Waals surface area (Å²) in [5, 5.41) is 9.14. The molecule has 0 fully saturated rings. The molecular formula is C63H38N6O. The summed E-state index contributed by atoms with van der Waals surface area (Å²) in [4.78, 5) is 16.1. The second-order valence-electron chi connectivity index (χ2n) is 18.0. The van der Waals surface area contributed by atoms with Gasteiger partial charge in [-0.1, -0.05) is 146 Å². The number of fused-ring (bicyclic) bond motifs is 12. The maximum atomic E-state index is 6.42. The summed E-state index contributed by atoms with van der Waals surface area (Å²) < 4.78 is 13.4. The van der Waals surface area contributed by atoms with Crippen LogP contribution < -0.4 is 0 Å². The van der Waals surface area contributed by atoms with Gasteiger partial charge in [0.1, 0.15) is 11.2 Å². The summed E-state index contributed by atoms with van der Waals surface area (Å²) in [6, 6.07) is 81.6. The lowest BCUT2D eigenvalue weighted by atomic mass is 10.0. The minimum Gasteiger partial charge on any atom is -0.456 e. The fourth-order valence-corrected chi connectivity index (χ4v) is 10.9. The molecule has 0 aliphatic carbocycles. The number of benzene rings is 10. The molecule has 0 aliphatic heterocycles. The van der Waals surface area contributed by atoms with E-state index in [1.54, 1.807) is 0 Å². The third-order valence-corrected chi connectivity index (χ3v) is 14.1. The zero-order valence-corrected chi connectivity index (χ0v) is 37.5. The first-order valence-corrected chi connectivity index (χ1v) is 23.6. The Bertz CT molecular complexity index is 4600. The van der Waals surface area contributed by atoms with Gasteiger partial charge in [0.2, 0.25) is 5.95 Å². The van der Waals surface area contributed by atoms with Crippen LogP contribution in [-0.4, -0.2) is 28.7 Å². The number of aromatic nitrogens is 6. The average Bonchev–Trinajstić information content (AvgIpc) is 4.16. The Morgan fingerprint density at radius 2 is 0.743 bits per heavy atom. The van der Waals surface area contributed by atoms with Gasteiger partial charge in [0.25, 0.3) is 0 Å². The molecule has 70 heavy (non-hydrogen) atoms. The summed E-state index contributed by atoms with van der Waals surface area (Å²) in [5.74, 6) is 1.64. The minimum absolute atomic E-state index is 0.530. The Morgan fingerprint density at radius 3 is 1.43 bits per heavy atom. The van der Waals surface area contributed by atoms with Crippen molar-refractivity contribution < 1.29 is 4.42 Å². The molecular weight excluding hydrogens is 857 g/mol. The Hall–Kier alpha value is -9.59. The first-order valence-electron chi connectivity index (χ1n) is 23.6. The molecule has 0 bridgehead atoms. The predicted molar refractivity (Wildman–Crippen MR) is 286 cm³/mol. The van der Waals surface area contributed by atoms with Crippen LogP contribution in [0.4, 0.5) is 0 Å². The fraction of sp³-hybridized carbons (Fsp3) is 0. The number of hydrogen-bond acceptors (Lipinski definition) is 4. The Labute approximate surface area is 400 Å². The van der Waals surface area contributed by atoms with Crippen LogP contribution in [0.2, 0.25) is 0 Å². The normalized spacial score (nSPS) is 12.0. The van der Waals surface area contributed by atoms with E-state index in [9.17, 15) is 0 Å². The number of para-hydroxylation sites is 5. The highest BCUT2D eigenvalue weighted by Crippen LogP contribution is 2.41. The van der Waals surface area contributed by atoms with Crippen LogP contribution in [0, 0.1) is 0 Å². The van der Waals surface area contributed by atoms with Crippen LogP contribution in [0.25, 0.3) is 139 Å². The van der Waals surface area contributed by atoms with E-state index >= 15 is 0 Å². The van der Waals surface area contributed by atoms with E-state index in [0.29, 0.717) is 17.6 Å². The molecule has 7 heteroatoms. The van der Waals surface area contributed by atoms with E-state index in [0.717, 1.165) is 82.8 Å². The van der Waals surface area contributed by atoms with Crippen LogP contribution in [0.5, 0.6) is 0 Å². The summed E-state index contributed by atoms with van der Waals surface area (Å²) in [6.45, 7) is 0. The van der Waals surface area contributed by atoms with Gasteiger partial charge in [-0.05, 0) is 96.1 Å². The molecule has 0 atom stereocenters. The van der Waals surface area contributed by atoms with E-state index < -0.39 is 0 Å². The van der Waals surface area contributed by atoms with E-state index in [4.69, 9.17) is 19.4 Å². The number of furan rings is 1. The van der Waals surface area contributed by atoms with Crippen molar-refractivity contribution in [2.75, 3.05) is 0 Å². The van der Waals surface area contributed by atoms with E-state index in [1.165, 1.54) is 38.1 Å². The lowest BCUT2D eigenvalue weighted by molar-refractivity contribution is 0.669. The summed E-state index contributed by atoms with van der Waals surface area (Å²) in [5.41, 5.74) is 14.4. The van der Waals surface area contributed by atoms with Crippen molar-refractivity contribution in [2.45, 2.75) is 0 Å². The highest BCUT2D eigenvalue weighted by molar-refractivity contribution is 6.19. The second kappa shape index (κ2) is 15.0. The molecule has 326 valence electrons. The monoisotopic (exact) mass is 894 g/mol. The van der Waals surface area contributed by atoms with Crippen LogP contribution >= 0.6 is 0 Å². The molecule has 0 amide bonds. The molecule has 0 unspecified atom stereocenters. The number of hydrogen-bond donors (Lipinski definition) is 0. The van der Waals surface area contributed by atoms with Gasteiger partial charge < -0.3 is 13.6 Å². The van der Waals surface area contributed by atoms with Crippen LogP contribution in [-0.2, 0) is 0 Å². The van der Waals surface area contributed by atoms with E-state index in [1.807, 2.05) is 18.2 Å². The third kappa shape index (κ3) is 5.79. The molecule has 15 rings (SSSR count). The maximum Gasteiger partial charge on any atom is 0.238 e. The molecule has 5 aromatic heterocycles. The van der Waals surface area contributed by atoms with Crippen LogP contribution in [0.1, 0.15) is 0 Å². The van der Waals surface area contributed by atoms with Crippen molar-refractivity contribution in [3.05, 3.63) is 231 Å². The van der Waals surface area contributed by atoms with Gasteiger partial charge in [-0.15, -0.1) is 0 Å². The molecule has 0 N–H and O–H groups in total. The van der Waals surface area contributed by atoms with E-state index in [2.05, 4.69) is 226 Å². The fourth-order valence-electron chi connectivity index (χ4n) is 10.9. The molecule has 15 aromatic rings. The largest absolute Gasteiger partial charge is 0.456 e. The second-order valence-corrected chi connectivity index (χ2v) is 18.0. The quantitative estimate of drug-likeness (QED) is 0.167. The van der Waals surface area contributed by atoms with Gasteiger partial charge in [-0.3, -0.25) is 4.57 Å². The highest BCUT2D eigenvalue weighted by atomic mass is 16.3. The van der Waals surface area contributed by atoms with Crippen LogP contribution in [0.15, 0.2) is 235 Å². The molecule has 0 saturated heterocycles.